The van der Waals surface area contributed by atoms with Gasteiger partial charge in [-0.25, -0.2) is 0 Å². The quantitative estimate of drug-likeness (QED) is 0.161. The molecule has 0 atom stereocenters. The van der Waals surface area contributed by atoms with Crippen LogP contribution >= 0.6 is 0 Å². The second-order valence-corrected chi connectivity index (χ2v) is 15.4. The summed E-state index contributed by atoms with van der Waals surface area (Å²) in [5, 5.41) is 2.42. The van der Waals surface area contributed by atoms with E-state index in [-0.39, 0.29) is 5.41 Å². The molecule has 10 rings (SSSR count). The van der Waals surface area contributed by atoms with E-state index in [9.17, 15) is 0 Å². The van der Waals surface area contributed by atoms with E-state index in [1.165, 1.54) is 66.8 Å². The van der Waals surface area contributed by atoms with Crippen LogP contribution in [-0.2, 0) is 5.41 Å². The average Bonchev–Trinajstić information content (AvgIpc) is 3.28. The highest BCUT2D eigenvalue weighted by Crippen LogP contribution is 2.55. The van der Waals surface area contributed by atoms with Gasteiger partial charge in [-0.05, 0) is 92.9 Å². The highest BCUT2D eigenvalue weighted by Gasteiger charge is 2.38. The number of nitrogens with zero attached hydrogens (tertiary/aromatic N) is 2. The summed E-state index contributed by atoms with van der Waals surface area (Å²) in [6.07, 6.45) is 0. The number of para-hydroxylation sites is 2. The van der Waals surface area contributed by atoms with Crippen LogP contribution in [0.5, 0.6) is 0 Å². The van der Waals surface area contributed by atoms with Crippen molar-refractivity contribution >= 4 is 44.9 Å². The summed E-state index contributed by atoms with van der Waals surface area (Å²) >= 11 is 0. The lowest BCUT2D eigenvalue weighted by Gasteiger charge is -2.43. The Morgan fingerprint density at radius 3 is 1.67 bits per heavy atom. The molecule has 0 fully saturated rings. The van der Waals surface area contributed by atoms with Gasteiger partial charge in [-0.15, -0.1) is 0 Å². The fourth-order valence-electron chi connectivity index (χ4n) is 8.77. The van der Waals surface area contributed by atoms with Crippen LogP contribution in [-0.4, -0.2) is 0 Å². The Morgan fingerprint density at radius 2 is 0.912 bits per heavy atom. The van der Waals surface area contributed by atoms with Gasteiger partial charge in [0.25, 0.3) is 0 Å². The molecular formula is C55H42N2. The van der Waals surface area contributed by atoms with Crippen LogP contribution in [0, 0.1) is 0 Å². The van der Waals surface area contributed by atoms with Gasteiger partial charge in [-0.2, -0.15) is 0 Å². The van der Waals surface area contributed by atoms with Gasteiger partial charge in [0.1, 0.15) is 0 Å². The smallest absolute Gasteiger partial charge is 0.0618 e. The fraction of sp³-hybridized carbons (Fsp3) is 0.0545. The molecule has 1 aliphatic rings. The molecule has 0 spiro atoms. The maximum absolute atomic E-state index is 2.55. The zero-order valence-corrected chi connectivity index (χ0v) is 32.2. The first-order valence-corrected chi connectivity index (χ1v) is 19.8. The van der Waals surface area contributed by atoms with Gasteiger partial charge >= 0.3 is 0 Å². The largest absolute Gasteiger partial charge is 0.310 e. The normalized spacial score (nSPS) is 12.8. The molecule has 1 aliphatic heterocycles. The van der Waals surface area contributed by atoms with Gasteiger partial charge in [0.05, 0.1) is 17.1 Å². The van der Waals surface area contributed by atoms with Crippen molar-refractivity contribution in [1.82, 2.24) is 0 Å². The van der Waals surface area contributed by atoms with Crippen molar-refractivity contribution in [1.29, 1.82) is 0 Å². The third kappa shape index (κ3) is 6.07. The molecule has 0 saturated heterocycles. The second-order valence-electron chi connectivity index (χ2n) is 15.4. The minimum atomic E-state index is -0.200. The van der Waals surface area contributed by atoms with Gasteiger partial charge in [0.2, 0.25) is 0 Å². The van der Waals surface area contributed by atoms with E-state index in [1.807, 2.05) is 0 Å². The zero-order chi connectivity index (χ0) is 38.3. The van der Waals surface area contributed by atoms with Gasteiger partial charge in [-0.3, -0.25) is 0 Å². The molecule has 0 bridgehead atoms. The molecule has 1 heterocycles. The molecule has 0 radical (unpaired) electrons. The summed E-state index contributed by atoms with van der Waals surface area (Å²) in [6, 6.07) is 79.4. The molecule has 0 N–H and O–H groups in total. The highest BCUT2D eigenvalue weighted by molar-refractivity contribution is 6.08. The lowest BCUT2D eigenvalue weighted by atomic mass is 9.73. The number of anilines is 6. The monoisotopic (exact) mass is 730 g/mol. The van der Waals surface area contributed by atoms with E-state index in [1.54, 1.807) is 0 Å². The van der Waals surface area contributed by atoms with Crippen molar-refractivity contribution in [3.05, 3.63) is 230 Å². The Morgan fingerprint density at radius 1 is 0.368 bits per heavy atom. The Balaban J connectivity index is 1.18. The van der Waals surface area contributed by atoms with E-state index in [0.29, 0.717) is 0 Å². The Bertz CT molecular complexity index is 2860. The molecule has 0 unspecified atom stereocenters. The molecule has 0 aromatic heterocycles. The minimum absolute atomic E-state index is 0.200. The predicted molar refractivity (Wildman–Crippen MR) is 242 cm³/mol. The van der Waals surface area contributed by atoms with Crippen LogP contribution < -0.4 is 9.80 Å². The van der Waals surface area contributed by atoms with Gasteiger partial charge in [0, 0.05) is 33.4 Å². The average molecular weight is 731 g/mol. The van der Waals surface area contributed by atoms with E-state index < -0.39 is 0 Å². The molecule has 9 aromatic carbocycles. The summed E-state index contributed by atoms with van der Waals surface area (Å²) in [5.41, 5.74) is 16.5. The van der Waals surface area contributed by atoms with Crippen LogP contribution in [0.4, 0.5) is 34.1 Å². The molecule has 0 amide bonds. The van der Waals surface area contributed by atoms with Crippen molar-refractivity contribution in [3.63, 3.8) is 0 Å². The molecule has 2 nitrogen and oxygen atoms in total. The molecule has 2 heteroatoms. The first-order chi connectivity index (χ1) is 28.0. The standard InChI is InChI=1S/C55H42N2/c1-55(2)50-27-14-15-28-52(50)57(53-38-43(32-36-51(53)55)40-19-8-4-9-20-40)54-48-26-13-12-21-42(48)31-35-49(54)44-22-16-25-47(37-44)56(45-23-10-5-11-24-45)46-33-29-41(30-34-46)39-17-6-3-7-18-39/h3-38H,1-2H3. The number of benzene rings is 9. The van der Waals surface area contributed by atoms with E-state index in [0.717, 1.165) is 22.6 Å². The van der Waals surface area contributed by atoms with Gasteiger partial charge in [0.15, 0.2) is 0 Å². The number of rotatable bonds is 7. The third-order valence-corrected chi connectivity index (χ3v) is 11.6. The van der Waals surface area contributed by atoms with Crippen molar-refractivity contribution in [3.8, 4) is 33.4 Å². The summed E-state index contributed by atoms with van der Waals surface area (Å²) < 4.78 is 0. The van der Waals surface area contributed by atoms with Gasteiger partial charge < -0.3 is 9.80 Å². The number of hydrogen-bond donors (Lipinski definition) is 0. The van der Waals surface area contributed by atoms with Crippen LogP contribution in [0.25, 0.3) is 44.2 Å². The highest BCUT2D eigenvalue weighted by atomic mass is 15.2. The van der Waals surface area contributed by atoms with Crippen LogP contribution in [0.15, 0.2) is 218 Å². The second kappa shape index (κ2) is 14.2. The van der Waals surface area contributed by atoms with Gasteiger partial charge in [-0.1, -0.05) is 184 Å². The Kier molecular flexibility index (Phi) is 8.53. The van der Waals surface area contributed by atoms with Crippen LogP contribution in [0.2, 0.25) is 0 Å². The number of fused-ring (bicyclic) bond motifs is 3. The molecule has 9 aromatic rings. The SMILES string of the molecule is CC1(C)c2ccccc2N(c2c(-c3cccc(N(c4ccccc4)c4ccc(-c5ccccc5)cc4)c3)ccc3ccccc23)c2cc(-c3ccccc3)ccc21. The summed E-state index contributed by atoms with van der Waals surface area (Å²) in [7, 11) is 0. The van der Waals surface area contributed by atoms with Crippen molar-refractivity contribution in [2.75, 3.05) is 9.80 Å². The van der Waals surface area contributed by atoms with Crippen LogP contribution in [0.1, 0.15) is 25.0 Å². The maximum Gasteiger partial charge on any atom is 0.0618 e. The summed E-state index contributed by atoms with van der Waals surface area (Å²) in [4.78, 5) is 4.91. The van der Waals surface area contributed by atoms with E-state index >= 15 is 0 Å². The van der Waals surface area contributed by atoms with Crippen molar-refractivity contribution in [2.45, 2.75) is 19.3 Å². The predicted octanol–water partition coefficient (Wildman–Crippen LogP) is 15.4. The molecule has 0 aliphatic carbocycles. The molecule has 0 saturated carbocycles. The molecule has 272 valence electrons. The van der Waals surface area contributed by atoms with Crippen molar-refractivity contribution in [2.24, 2.45) is 0 Å². The molecular weight excluding hydrogens is 689 g/mol. The lowest BCUT2D eigenvalue weighted by molar-refractivity contribution is 0.632. The van der Waals surface area contributed by atoms with E-state index in [4.69, 9.17) is 0 Å². The fourth-order valence-corrected chi connectivity index (χ4v) is 8.77. The maximum atomic E-state index is 2.55. The first-order valence-electron chi connectivity index (χ1n) is 19.8. The summed E-state index contributed by atoms with van der Waals surface area (Å²) in [5.74, 6) is 0. The Hall–Kier alpha value is -7.16. The lowest BCUT2D eigenvalue weighted by Crippen LogP contribution is -2.31. The van der Waals surface area contributed by atoms with E-state index in [2.05, 4.69) is 242 Å². The summed E-state index contributed by atoms with van der Waals surface area (Å²) in [6.45, 7) is 4.73. The first kappa shape index (κ1) is 34.3. The minimum Gasteiger partial charge on any atom is -0.310 e. The zero-order valence-electron chi connectivity index (χ0n) is 32.2. The molecule has 57 heavy (non-hydrogen) atoms. The third-order valence-electron chi connectivity index (χ3n) is 11.6. The topological polar surface area (TPSA) is 6.48 Å². The van der Waals surface area contributed by atoms with Crippen LogP contribution in [0.3, 0.4) is 0 Å². The van der Waals surface area contributed by atoms with Crippen molar-refractivity contribution < 1.29 is 0 Å². The Labute approximate surface area is 335 Å². The number of hydrogen-bond acceptors (Lipinski definition) is 2.